The van der Waals surface area contributed by atoms with E-state index >= 15 is 0 Å². The van der Waals surface area contributed by atoms with E-state index < -0.39 is 10.8 Å². The lowest BCUT2D eigenvalue weighted by Gasteiger charge is -2.17. The number of rotatable bonds is 7. The van der Waals surface area contributed by atoms with Crippen molar-refractivity contribution in [2.75, 3.05) is 23.9 Å². The number of carbonyl (C=O) groups excluding carboxylic acids is 2. The minimum Gasteiger partial charge on any atom is -0.477 e. The topological polar surface area (TPSA) is 102 Å². The van der Waals surface area contributed by atoms with Gasteiger partial charge in [0.1, 0.15) is 0 Å². The molecule has 0 saturated heterocycles. The van der Waals surface area contributed by atoms with Crippen LogP contribution in [0.5, 0.6) is 5.75 Å². The van der Waals surface area contributed by atoms with Crippen LogP contribution in [0.4, 0.5) is 17.1 Å². The minimum absolute atomic E-state index is 0.0162. The van der Waals surface area contributed by atoms with E-state index in [0.29, 0.717) is 11.3 Å². The molecule has 0 aliphatic rings. The second-order valence-electron chi connectivity index (χ2n) is 6.34. The Morgan fingerprint density at radius 3 is 2.27 bits per heavy atom. The molecule has 0 radical (unpaired) electrons. The summed E-state index contributed by atoms with van der Waals surface area (Å²) in [4.78, 5) is 36.6. The van der Waals surface area contributed by atoms with E-state index in [2.05, 4.69) is 5.32 Å². The average Bonchev–Trinajstić information content (AvgIpc) is 2.78. The first-order chi connectivity index (χ1) is 14.5. The highest BCUT2D eigenvalue weighted by Gasteiger charge is 2.16. The standard InChI is InChI=1S/C22H19N3O5/c1-24(18-7-3-2-4-8-18)22(27)16-11-13-17(14-12-16)23-21(26)15-30-20-10-6-5-9-19(20)25(28)29/h2-14H,15H2,1H3,(H,23,26). The van der Waals surface area contributed by atoms with Crippen LogP contribution in [0.25, 0.3) is 0 Å². The number of nitro benzene ring substituents is 1. The third-order valence-electron chi connectivity index (χ3n) is 4.28. The van der Waals surface area contributed by atoms with Gasteiger partial charge < -0.3 is 15.0 Å². The number of nitro groups is 1. The molecule has 0 bridgehead atoms. The van der Waals surface area contributed by atoms with Crippen molar-refractivity contribution in [2.24, 2.45) is 0 Å². The van der Waals surface area contributed by atoms with Gasteiger partial charge in [-0.25, -0.2) is 0 Å². The average molecular weight is 405 g/mol. The number of para-hydroxylation sites is 3. The van der Waals surface area contributed by atoms with Crippen LogP contribution in [0.3, 0.4) is 0 Å². The van der Waals surface area contributed by atoms with Crippen molar-refractivity contribution in [2.45, 2.75) is 0 Å². The largest absolute Gasteiger partial charge is 0.477 e. The quantitative estimate of drug-likeness (QED) is 0.475. The van der Waals surface area contributed by atoms with Crippen LogP contribution in [-0.2, 0) is 4.79 Å². The lowest BCUT2D eigenvalue weighted by Crippen LogP contribution is -2.26. The van der Waals surface area contributed by atoms with Gasteiger partial charge in [0, 0.05) is 30.1 Å². The lowest BCUT2D eigenvalue weighted by molar-refractivity contribution is -0.385. The number of benzene rings is 3. The van der Waals surface area contributed by atoms with Crippen molar-refractivity contribution >= 4 is 28.9 Å². The summed E-state index contributed by atoms with van der Waals surface area (Å²) in [5.41, 5.74) is 1.50. The van der Waals surface area contributed by atoms with E-state index in [1.54, 1.807) is 37.4 Å². The first-order valence-electron chi connectivity index (χ1n) is 9.05. The summed E-state index contributed by atoms with van der Waals surface area (Å²) in [5, 5.41) is 13.6. The molecule has 3 aromatic carbocycles. The summed E-state index contributed by atoms with van der Waals surface area (Å²) in [6, 6.07) is 21.5. The van der Waals surface area contributed by atoms with E-state index in [9.17, 15) is 19.7 Å². The third-order valence-corrected chi connectivity index (χ3v) is 4.28. The molecule has 0 fully saturated rings. The Morgan fingerprint density at radius 1 is 0.967 bits per heavy atom. The Morgan fingerprint density at radius 2 is 1.60 bits per heavy atom. The van der Waals surface area contributed by atoms with Crippen molar-refractivity contribution in [1.29, 1.82) is 0 Å². The first-order valence-corrected chi connectivity index (χ1v) is 9.05. The van der Waals surface area contributed by atoms with Crippen LogP contribution >= 0.6 is 0 Å². The van der Waals surface area contributed by atoms with Crippen LogP contribution in [-0.4, -0.2) is 30.4 Å². The zero-order valence-corrected chi connectivity index (χ0v) is 16.1. The SMILES string of the molecule is CN(C(=O)c1ccc(NC(=O)COc2ccccc2[N+](=O)[O-])cc1)c1ccccc1. The normalized spacial score (nSPS) is 10.2. The smallest absolute Gasteiger partial charge is 0.310 e. The number of hydrogen-bond donors (Lipinski definition) is 1. The molecular formula is C22H19N3O5. The van der Waals surface area contributed by atoms with Crippen LogP contribution in [0.1, 0.15) is 10.4 Å². The molecule has 152 valence electrons. The number of anilines is 2. The summed E-state index contributed by atoms with van der Waals surface area (Å²) >= 11 is 0. The summed E-state index contributed by atoms with van der Waals surface area (Å²) in [6.45, 7) is -0.387. The number of nitrogens with zero attached hydrogens (tertiary/aromatic N) is 2. The molecule has 1 N–H and O–H groups in total. The lowest BCUT2D eigenvalue weighted by atomic mass is 10.1. The van der Waals surface area contributed by atoms with Gasteiger partial charge in [-0.15, -0.1) is 0 Å². The van der Waals surface area contributed by atoms with Gasteiger partial charge in [0.15, 0.2) is 12.4 Å². The van der Waals surface area contributed by atoms with Gasteiger partial charge in [-0.2, -0.15) is 0 Å². The fraction of sp³-hybridized carbons (Fsp3) is 0.0909. The molecule has 0 aliphatic heterocycles. The number of ether oxygens (including phenoxy) is 1. The maximum absolute atomic E-state index is 12.6. The van der Waals surface area contributed by atoms with Crippen LogP contribution in [0, 0.1) is 10.1 Å². The van der Waals surface area contributed by atoms with Crippen molar-refractivity contribution in [3.63, 3.8) is 0 Å². The Balaban J connectivity index is 1.58. The molecule has 0 spiro atoms. The molecule has 0 aliphatic carbocycles. The minimum atomic E-state index is -0.574. The third kappa shape index (κ3) is 4.99. The number of hydrogen-bond acceptors (Lipinski definition) is 5. The maximum atomic E-state index is 12.6. The predicted molar refractivity (Wildman–Crippen MR) is 113 cm³/mol. The molecule has 8 heteroatoms. The maximum Gasteiger partial charge on any atom is 0.310 e. The van der Waals surface area contributed by atoms with Crippen molar-refractivity contribution in [3.8, 4) is 5.75 Å². The van der Waals surface area contributed by atoms with Gasteiger partial charge in [0.2, 0.25) is 0 Å². The van der Waals surface area contributed by atoms with E-state index in [0.717, 1.165) is 5.69 Å². The summed E-state index contributed by atoms with van der Waals surface area (Å²) in [7, 11) is 1.69. The monoisotopic (exact) mass is 405 g/mol. The van der Waals surface area contributed by atoms with E-state index in [1.165, 1.54) is 23.1 Å². The Kier molecular flexibility index (Phi) is 6.39. The van der Waals surface area contributed by atoms with Gasteiger partial charge in [-0.1, -0.05) is 30.3 Å². The zero-order valence-electron chi connectivity index (χ0n) is 16.1. The molecular weight excluding hydrogens is 386 g/mol. The molecule has 0 heterocycles. The highest BCUT2D eigenvalue weighted by atomic mass is 16.6. The molecule has 0 unspecified atom stereocenters. The van der Waals surface area contributed by atoms with Gasteiger partial charge in [-0.05, 0) is 42.5 Å². The highest BCUT2D eigenvalue weighted by Crippen LogP contribution is 2.25. The number of nitrogens with one attached hydrogen (secondary N) is 1. The zero-order chi connectivity index (χ0) is 21.5. The van der Waals surface area contributed by atoms with Crippen LogP contribution in [0.2, 0.25) is 0 Å². The van der Waals surface area contributed by atoms with Crippen molar-refractivity contribution < 1.29 is 19.2 Å². The molecule has 0 saturated carbocycles. The fourth-order valence-electron chi connectivity index (χ4n) is 2.73. The first kappa shape index (κ1) is 20.5. The molecule has 0 aromatic heterocycles. The van der Waals surface area contributed by atoms with Gasteiger partial charge in [0.25, 0.3) is 11.8 Å². The van der Waals surface area contributed by atoms with E-state index in [1.807, 2.05) is 30.3 Å². The predicted octanol–water partition coefficient (Wildman–Crippen LogP) is 3.89. The van der Waals surface area contributed by atoms with Gasteiger partial charge in [0.05, 0.1) is 4.92 Å². The fourth-order valence-corrected chi connectivity index (χ4v) is 2.73. The highest BCUT2D eigenvalue weighted by molar-refractivity contribution is 6.06. The number of carbonyl (C=O) groups is 2. The summed E-state index contributed by atoms with van der Waals surface area (Å²) in [6.07, 6.45) is 0. The van der Waals surface area contributed by atoms with Crippen molar-refractivity contribution in [1.82, 2.24) is 0 Å². The number of amides is 2. The summed E-state index contributed by atoms with van der Waals surface area (Å²) in [5.74, 6) is -0.644. The van der Waals surface area contributed by atoms with Crippen LogP contribution < -0.4 is 15.0 Å². The summed E-state index contributed by atoms with van der Waals surface area (Å²) < 4.78 is 5.26. The molecule has 0 atom stereocenters. The molecule has 8 nitrogen and oxygen atoms in total. The molecule has 3 aromatic rings. The van der Waals surface area contributed by atoms with E-state index in [4.69, 9.17) is 4.74 Å². The molecule has 2 amide bonds. The Hall–Kier alpha value is -4.20. The second-order valence-corrected chi connectivity index (χ2v) is 6.34. The van der Waals surface area contributed by atoms with Crippen LogP contribution in [0.15, 0.2) is 78.9 Å². The van der Waals surface area contributed by atoms with Gasteiger partial charge >= 0.3 is 5.69 Å². The Labute approximate surface area is 172 Å². The molecule has 30 heavy (non-hydrogen) atoms. The van der Waals surface area contributed by atoms with E-state index in [-0.39, 0.29) is 24.0 Å². The Bertz CT molecular complexity index is 1050. The van der Waals surface area contributed by atoms with Crippen molar-refractivity contribution in [3.05, 3.63) is 94.5 Å². The second kappa shape index (κ2) is 9.33. The van der Waals surface area contributed by atoms with Gasteiger partial charge in [-0.3, -0.25) is 19.7 Å². The molecule has 3 rings (SSSR count).